The lowest BCUT2D eigenvalue weighted by Crippen LogP contribution is -2.29. The third kappa shape index (κ3) is 4.17. The van der Waals surface area contributed by atoms with Gasteiger partial charge < -0.3 is 0 Å². The molecule has 0 spiro atoms. The van der Waals surface area contributed by atoms with Crippen molar-refractivity contribution in [3.8, 4) is 44.5 Å². The molecule has 2 aliphatic rings. The summed E-state index contributed by atoms with van der Waals surface area (Å²) in [5, 5.41) is 10.6. The van der Waals surface area contributed by atoms with Gasteiger partial charge in [-0.25, -0.2) is 0 Å². The zero-order valence-corrected chi connectivity index (χ0v) is 27.9. The van der Waals surface area contributed by atoms with Crippen LogP contribution < -0.4 is 10.4 Å². The van der Waals surface area contributed by atoms with Crippen molar-refractivity contribution in [3.05, 3.63) is 167 Å². The van der Waals surface area contributed by atoms with Crippen LogP contribution in [0.15, 0.2) is 146 Å². The molecule has 0 radical (unpaired) electrons. The molecule has 0 fully saturated rings. The summed E-state index contributed by atoms with van der Waals surface area (Å²) in [6.45, 7) is 4.74. The molecular formula is C49H36. The van der Waals surface area contributed by atoms with Gasteiger partial charge in [0.05, 0.1) is 0 Å². The maximum absolute atomic E-state index is 2.47. The Labute approximate surface area is 287 Å². The predicted octanol–water partition coefficient (Wildman–Crippen LogP) is 11.8. The van der Waals surface area contributed by atoms with E-state index in [4.69, 9.17) is 0 Å². The predicted molar refractivity (Wildman–Crippen MR) is 210 cm³/mol. The molecule has 2 aliphatic carbocycles. The fraction of sp³-hybridized carbons (Fsp3) is 0.102. The molecule has 49 heavy (non-hydrogen) atoms. The number of fused-ring (bicyclic) bond motifs is 8. The molecule has 0 heterocycles. The van der Waals surface area contributed by atoms with Crippen molar-refractivity contribution in [2.75, 3.05) is 0 Å². The molecule has 0 aromatic heterocycles. The van der Waals surface area contributed by atoms with E-state index >= 15 is 0 Å². The normalized spacial score (nSPS) is 14.2. The topological polar surface area (TPSA) is 0 Å². The van der Waals surface area contributed by atoms with Gasteiger partial charge in [0.2, 0.25) is 0 Å². The first-order chi connectivity index (χ1) is 24.1. The minimum absolute atomic E-state index is 0.0491. The second kappa shape index (κ2) is 10.6. The lowest BCUT2D eigenvalue weighted by atomic mass is 9.80. The van der Waals surface area contributed by atoms with Gasteiger partial charge in [0.1, 0.15) is 0 Å². The summed E-state index contributed by atoms with van der Waals surface area (Å²) >= 11 is 0. The molecule has 8 aromatic rings. The summed E-state index contributed by atoms with van der Waals surface area (Å²) in [7, 11) is 0. The second-order valence-electron chi connectivity index (χ2n) is 14.3. The van der Waals surface area contributed by atoms with E-state index < -0.39 is 0 Å². The first kappa shape index (κ1) is 28.3. The maximum atomic E-state index is 2.47. The quantitative estimate of drug-likeness (QED) is 0.172. The van der Waals surface area contributed by atoms with Gasteiger partial charge in [-0.15, -0.1) is 0 Å². The maximum Gasteiger partial charge on any atom is 0.0159 e. The van der Waals surface area contributed by atoms with E-state index in [0.717, 1.165) is 12.8 Å². The summed E-state index contributed by atoms with van der Waals surface area (Å²) in [4.78, 5) is 0. The zero-order chi connectivity index (χ0) is 32.7. The molecule has 0 bridgehead atoms. The highest BCUT2D eigenvalue weighted by Crippen LogP contribution is 2.51. The van der Waals surface area contributed by atoms with E-state index in [0.29, 0.717) is 0 Å². The SMILES string of the molecule is CC1(C)c2ccccc2-c2ccc(-c3c4ccccc4c(-c4ccc5cc(-c6ccccc6)c6c(c5c4)=CCCC=6)c4ccccc34)cc21. The highest BCUT2D eigenvalue weighted by molar-refractivity contribution is 6.22. The second-order valence-corrected chi connectivity index (χ2v) is 14.3. The first-order valence-corrected chi connectivity index (χ1v) is 17.6. The molecule has 0 saturated heterocycles. The zero-order valence-electron chi connectivity index (χ0n) is 27.9. The van der Waals surface area contributed by atoms with Crippen LogP contribution in [0.2, 0.25) is 0 Å². The Morgan fingerprint density at radius 2 is 0.939 bits per heavy atom. The summed E-state index contributed by atoms with van der Waals surface area (Å²) in [6.07, 6.45) is 7.06. The lowest BCUT2D eigenvalue weighted by molar-refractivity contribution is 0.660. The third-order valence-corrected chi connectivity index (χ3v) is 11.3. The van der Waals surface area contributed by atoms with Crippen LogP contribution in [0.4, 0.5) is 0 Å². The van der Waals surface area contributed by atoms with E-state index in [1.54, 1.807) is 0 Å². The van der Waals surface area contributed by atoms with Crippen LogP contribution in [0.25, 0.3) is 89.0 Å². The van der Waals surface area contributed by atoms with Gasteiger partial charge in [0.15, 0.2) is 0 Å². The largest absolute Gasteiger partial charge is 0.0757 e. The summed E-state index contributed by atoms with van der Waals surface area (Å²) in [5.41, 5.74) is 13.3. The molecule has 0 unspecified atom stereocenters. The Hall–Kier alpha value is -5.72. The molecule has 0 atom stereocenters. The van der Waals surface area contributed by atoms with Crippen LogP contribution >= 0.6 is 0 Å². The first-order valence-electron chi connectivity index (χ1n) is 17.6. The van der Waals surface area contributed by atoms with Crippen molar-refractivity contribution in [3.63, 3.8) is 0 Å². The molecule has 232 valence electrons. The van der Waals surface area contributed by atoms with Crippen molar-refractivity contribution >= 4 is 44.5 Å². The number of hydrogen-bond donors (Lipinski definition) is 0. The van der Waals surface area contributed by atoms with E-state index in [1.165, 1.54) is 98.4 Å². The van der Waals surface area contributed by atoms with E-state index in [9.17, 15) is 0 Å². The third-order valence-electron chi connectivity index (χ3n) is 11.3. The van der Waals surface area contributed by atoms with Crippen LogP contribution in [0, 0.1) is 0 Å². The molecule has 0 N–H and O–H groups in total. The van der Waals surface area contributed by atoms with Gasteiger partial charge in [-0.3, -0.25) is 0 Å². The Morgan fingerprint density at radius 1 is 0.388 bits per heavy atom. The smallest absolute Gasteiger partial charge is 0.0159 e. The Balaban J connectivity index is 1.23. The molecule has 0 aliphatic heterocycles. The summed E-state index contributed by atoms with van der Waals surface area (Å²) in [6, 6.07) is 54.6. The highest BCUT2D eigenvalue weighted by atomic mass is 14.4. The molecule has 0 saturated carbocycles. The Bertz CT molecular complexity index is 2720. The fourth-order valence-corrected chi connectivity index (χ4v) is 8.96. The molecule has 10 rings (SSSR count). The van der Waals surface area contributed by atoms with Gasteiger partial charge >= 0.3 is 0 Å². The van der Waals surface area contributed by atoms with Gasteiger partial charge in [0, 0.05) is 5.41 Å². The van der Waals surface area contributed by atoms with Gasteiger partial charge in [0.25, 0.3) is 0 Å². The molecular weight excluding hydrogens is 589 g/mol. The fourth-order valence-electron chi connectivity index (χ4n) is 8.96. The van der Waals surface area contributed by atoms with Crippen LogP contribution in [-0.2, 0) is 5.41 Å². The van der Waals surface area contributed by atoms with E-state index in [2.05, 4.69) is 172 Å². The van der Waals surface area contributed by atoms with E-state index in [-0.39, 0.29) is 5.41 Å². The Morgan fingerprint density at radius 3 is 1.63 bits per heavy atom. The Kier molecular flexibility index (Phi) is 6.15. The van der Waals surface area contributed by atoms with Crippen LogP contribution in [0.5, 0.6) is 0 Å². The van der Waals surface area contributed by atoms with Crippen molar-refractivity contribution in [2.45, 2.75) is 32.1 Å². The number of benzene rings is 8. The van der Waals surface area contributed by atoms with E-state index in [1.807, 2.05) is 0 Å². The summed E-state index contributed by atoms with van der Waals surface area (Å²) in [5.74, 6) is 0. The molecule has 0 amide bonds. The van der Waals surface area contributed by atoms with Crippen LogP contribution in [0.3, 0.4) is 0 Å². The monoisotopic (exact) mass is 624 g/mol. The van der Waals surface area contributed by atoms with Crippen molar-refractivity contribution < 1.29 is 0 Å². The molecule has 0 nitrogen and oxygen atoms in total. The van der Waals surface area contributed by atoms with Crippen molar-refractivity contribution in [2.24, 2.45) is 0 Å². The molecule has 8 aromatic carbocycles. The number of hydrogen-bond acceptors (Lipinski definition) is 0. The summed E-state index contributed by atoms with van der Waals surface area (Å²) < 4.78 is 0. The minimum Gasteiger partial charge on any atom is -0.0757 e. The number of rotatable bonds is 3. The van der Waals surface area contributed by atoms with Gasteiger partial charge in [-0.1, -0.05) is 153 Å². The van der Waals surface area contributed by atoms with Crippen molar-refractivity contribution in [1.29, 1.82) is 0 Å². The van der Waals surface area contributed by atoms with Crippen LogP contribution in [0.1, 0.15) is 37.8 Å². The van der Waals surface area contributed by atoms with Crippen molar-refractivity contribution in [1.82, 2.24) is 0 Å². The highest BCUT2D eigenvalue weighted by Gasteiger charge is 2.35. The minimum atomic E-state index is -0.0491. The lowest BCUT2D eigenvalue weighted by Gasteiger charge is -2.23. The van der Waals surface area contributed by atoms with Gasteiger partial charge in [-0.05, 0) is 129 Å². The average molecular weight is 625 g/mol. The van der Waals surface area contributed by atoms with Gasteiger partial charge in [-0.2, -0.15) is 0 Å². The standard InChI is InChI=1S/C49H36/c1-49(2)45-23-13-12-18-37(45)38-27-26-34(30-46(38)49)48-41-21-10-8-19-39(41)47(40-20-9-11-22-42(40)48)33-25-24-32-28-43(31-14-4-3-5-15-31)35-16-6-7-17-36(35)44(32)29-33/h3-5,8-30H,6-7H2,1-2H3. The molecule has 0 heteroatoms. The average Bonchev–Trinajstić information content (AvgIpc) is 3.39. The van der Waals surface area contributed by atoms with Crippen LogP contribution in [-0.4, -0.2) is 0 Å².